The Balaban J connectivity index is 1.46. The van der Waals surface area contributed by atoms with Crippen molar-refractivity contribution in [2.75, 3.05) is 39.5 Å². The molecule has 0 aliphatic heterocycles. The predicted octanol–water partition coefficient (Wildman–Crippen LogP) is 17.2. The molecule has 4 rings (SSSR count). The largest absolute Gasteiger partial charge is 0.493 e. The van der Waals surface area contributed by atoms with Crippen molar-refractivity contribution in [2.45, 2.75) is 206 Å². The molecule has 418 valence electrons. The summed E-state index contributed by atoms with van der Waals surface area (Å²) in [6.07, 6.45) is 49.0. The van der Waals surface area contributed by atoms with Gasteiger partial charge in [-0.2, -0.15) is 0 Å². The van der Waals surface area contributed by atoms with Gasteiger partial charge in [0.25, 0.3) is 0 Å². The molecular weight excluding hydrogens is 941 g/mol. The fourth-order valence-corrected chi connectivity index (χ4v) is 9.31. The van der Waals surface area contributed by atoms with E-state index in [1.54, 1.807) is 0 Å². The third-order valence-electron chi connectivity index (χ3n) is 13.7. The summed E-state index contributed by atoms with van der Waals surface area (Å²) in [5, 5.41) is 0. The van der Waals surface area contributed by atoms with Gasteiger partial charge in [-0.25, -0.2) is 0 Å². The van der Waals surface area contributed by atoms with Crippen LogP contribution < -0.4 is 18.9 Å². The maximum Gasteiger partial charge on any atom is 0.122 e. The Morgan fingerprint density at radius 1 is 0.303 bits per heavy atom. The predicted molar refractivity (Wildman–Crippen MR) is 317 cm³/mol. The van der Waals surface area contributed by atoms with Crippen LogP contribution >= 0.6 is 0 Å². The Kier molecular flexibility index (Phi) is 36.4. The number of hydrogen-bond acceptors (Lipinski definition) is 10. The fourth-order valence-electron chi connectivity index (χ4n) is 9.31. The van der Waals surface area contributed by atoms with E-state index in [1.165, 1.54) is 128 Å². The normalized spacial score (nSPS) is 11.2. The third-order valence-corrected chi connectivity index (χ3v) is 13.7. The molecule has 0 aliphatic carbocycles. The number of nitrogens with zero attached hydrogens (tertiary/aromatic N) is 6. The van der Waals surface area contributed by atoms with E-state index in [2.05, 4.69) is 60.4 Å². The van der Waals surface area contributed by atoms with Crippen molar-refractivity contribution in [3.63, 3.8) is 0 Å². The van der Waals surface area contributed by atoms with Crippen LogP contribution in [0.25, 0.3) is 0 Å². The molecule has 0 atom stereocenters. The second-order valence-electron chi connectivity index (χ2n) is 20.5. The Morgan fingerprint density at radius 2 is 0.513 bits per heavy atom. The summed E-state index contributed by atoms with van der Waals surface area (Å²) in [6.45, 7) is 22.2. The van der Waals surface area contributed by atoms with Gasteiger partial charge in [0.1, 0.15) is 23.0 Å². The van der Waals surface area contributed by atoms with Gasteiger partial charge in [-0.05, 0) is 101 Å². The smallest absolute Gasteiger partial charge is 0.122 e. The van der Waals surface area contributed by atoms with E-state index in [-0.39, 0.29) is 0 Å². The topological polar surface area (TPSA) is 95.0 Å². The van der Waals surface area contributed by atoms with E-state index in [0.717, 1.165) is 110 Å². The first-order valence-corrected chi connectivity index (χ1v) is 29.8. The molecule has 0 amide bonds. The van der Waals surface area contributed by atoms with Crippen molar-refractivity contribution in [1.29, 1.82) is 0 Å². The van der Waals surface area contributed by atoms with Crippen LogP contribution in [0.4, 0.5) is 0 Å². The number of allylic oxidation sites excluding steroid dienone is 4. The van der Waals surface area contributed by atoms with Gasteiger partial charge in [-0.3, -0.25) is 29.7 Å². The Bertz CT molecular complexity index is 1810. The summed E-state index contributed by atoms with van der Waals surface area (Å²) < 4.78 is 25.2. The number of hydrogen-bond donors (Lipinski definition) is 0. The van der Waals surface area contributed by atoms with E-state index in [0.29, 0.717) is 52.6 Å². The lowest BCUT2D eigenvalue weighted by Gasteiger charge is -2.27. The van der Waals surface area contributed by atoms with E-state index >= 15 is 0 Å². The Hall–Kier alpha value is -5.32. The van der Waals surface area contributed by atoms with Crippen LogP contribution in [0.5, 0.6) is 23.0 Å². The summed E-state index contributed by atoms with van der Waals surface area (Å²) in [6, 6.07) is 16.3. The lowest BCUT2D eigenvalue weighted by atomic mass is 10.1. The second kappa shape index (κ2) is 43.7. The number of aromatic nitrogens is 4. The van der Waals surface area contributed by atoms with Crippen LogP contribution in [0.1, 0.15) is 203 Å². The zero-order chi connectivity index (χ0) is 53.6. The lowest BCUT2D eigenvalue weighted by molar-refractivity contribution is 0.177. The third kappa shape index (κ3) is 31.7. The van der Waals surface area contributed by atoms with Gasteiger partial charge >= 0.3 is 0 Å². The summed E-state index contributed by atoms with van der Waals surface area (Å²) in [7, 11) is 0. The minimum Gasteiger partial charge on any atom is -0.493 e. The molecule has 0 saturated heterocycles. The van der Waals surface area contributed by atoms with E-state index in [9.17, 15) is 0 Å². The summed E-state index contributed by atoms with van der Waals surface area (Å²) in [5.74, 6) is 3.45. The standard InChI is InChI=1S/C66H100N6O4/c1-5-9-13-17-21-25-29-33-47-73-63-37-41-67-59(51-63)55-71(56-60-52-64(38-42-68-60)74-48-34-30-26-22-18-14-10-6-2)45-46-72(57-61-53-65(39-43-69-61)75-49-35-31-27-23-19-15-11-7-3)58-62-54-66(40-44-70-62)76-50-36-32-28-24-20-16-12-8-4/h5-8,37-44,51-54H,1-4,9-36,45-50,55-58H2. The van der Waals surface area contributed by atoms with Crippen LogP contribution in [0.3, 0.4) is 0 Å². The zero-order valence-corrected chi connectivity index (χ0v) is 47.3. The Labute approximate surface area is 461 Å². The average Bonchev–Trinajstić information content (AvgIpc) is 3.43. The first-order chi connectivity index (χ1) is 37.6. The van der Waals surface area contributed by atoms with E-state index in [1.807, 2.05) is 73.4 Å². The maximum atomic E-state index is 6.31. The molecule has 0 aromatic carbocycles. The average molecular weight is 1040 g/mol. The highest BCUT2D eigenvalue weighted by atomic mass is 16.5. The van der Waals surface area contributed by atoms with Crippen molar-refractivity contribution >= 4 is 0 Å². The molecule has 4 aromatic rings. The summed E-state index contributed by atoms with van der Waals surface area (Å²) in [5.41, 5.74) is 3.84. The van der Waals surface area contributed by atoms with E-state index in [4.69, 9.17) is 38.9 Å². The van der Waals surface area contributed by atoms with Gasteiger partial charge in [-0.1, -0.05) is 127 Å². The van der Waals surface area contributed by atoms with Crippen molar-refractivity contribution in [3.05, 3.63) is 147 Å². The summed E-state index contributed by atoms with van der Waals surface area (Å²) >= 11 is 0. The highest BCUT2D eigenvalue weighted by Crippen LogP contribution is 2.21. The summed E-state index contributed by atoms with van der Waals surface area (Å²) in [4.78, 5) is 24.3. The highest BCUT2D eigenvalue weighted by molar-refractivity contribution is 5.26. The fraction of sp³-hybridized carbons (Fsp3) is 0.576. The number of rotatable bonds is 51. The molecule has 0 radical (unpaired) electrons. The van der Waals surface area contributed by atoms with Crippen molar-refractivity contribution < 1.29 is 18.9 Å². The number of ether oxygens (including phenoxy) is 4. The van der Waals surface area contributed by atoms with Crippen LogP contribution in [0, 0.1) is 0 Å². The van der Waals surface area contributed by atoms with Crippen LogP contribution in [0.15, 0.2) is 124 Å². The minimum atomic E-state index is 0.627. The maximum absolute atomic E-state index is 6.31. The molecule has 0 fully saturated rings. The minimum absolute atomic E-state index is 0.627. The molecule has 0 aliphatic rings. The number of pyridine rings is 4. The lowest BCUT2D eigenvalue weighted by Crippen LogP contribution is -2.35. The van der Waals surface area contributed by atoms with Gasteiger partial charge in [0.15, 0.2) is 0 Å². The first kappa shape index (κ1) is 63.2. The molecule has 4 aromatic heterocycles. The molecular formula is C66H100N6O4. The molecule has 4 heterocycles. The van der Waals surface area contributed by atoms with Crippen molar-refractivity contribution in [1.82, 2.24) is 29.7 Å². The van der Waals surface area contributed by atoms with Gasteiger partial charge < -0.3 is 18.9 Å². The van der Waals surface area contributed by atoms with Gasteiger partial charge in [0.2, 0.25) is 0 Å². The van der Waals surface area contributed by atoms with Gasteiger partial charge in [0.05, 0.1) is 49.2 Å². The molecule has 0 unspecified atom stereocenters. The molecule has 0 saturated carbocycles. The van der Waals surface area contributed by atoms with Crippen molar-refractivity contribution in [2.24, 2.45) is 0 Å². The first-order valence-electron chi connectivity index (χ1n) is 29.8. The molecule has 10 heteroatoms. The van der Waals surface area contributed by atoms with Crippen LogP contribution in [0.2, 0.25) is 0 Å². The molecule has 0 bridgehead atoms. The zero-order valence-electron chi connectivity index (χ0n) is 47.3. The molecule has 10 nitrogen and oxygen atoms in total. The quantitative estimate of drug-likeness (QED) is 0.0314. The highest BCUT2D eigenvalue weighted by Gasteiger charge is 2.17. The molecule has 0 N–H and O–H groups in total. The van der Waals surface area contributed by atoms with Crippen LogP contribution in [-0.4, -0.2) is 69.3 Å². The molecule has 76 heavy (non-hydrogen) atoms. The van der Waals surface area contributed by atoms with E-state index < -0.39 is 0 Å². The van der Waals surface area contributed by atoms with Gasteiger partial charge in [-0.15, -0.1) is 26.3 Å². The van der Waals surface area contributed by atoms with Gasteiger partial charge in [0, 0.05) is 88.3 Å². The monoisotopic (exact) mass is 1040 g/mol. The number of unbranched alkanes of at least 4 members (excludes halogenated alkanes) is 24. The van der Waals surface area contributed by atoms with Crippen molar-refractivity contribution in [3.8, 4) is 23.0 Å². The Morgan fingerprint density at radius 3 is 0.737 bits per heavy atom. The van der Waals surface area contributed by atoms with Crippen LogP contribution in [-0.2, 0) is 26.2 Å². The molecule has 0 spiro atoms. The second-order valence-corrected chi connectivity index (χ2v) is 20.5. The SMILES string of the molecule is C=CCCCCCCCCOc1ccnc(CN(CCN(Cc2cc(OCCCCCCCCC=C)ccn2)Cc2cc(OCCCCCCCCC=C)ccn2)Cc2cc(OCCCCCCCCC=C)ccn2)c1.